The largest absolute Gasteiger partial charge is 0.336 e. The van der Waals surface area contributed by atoms with Crippen molar-refractivity contribution in [3.05, 3.63) is 71.7 Å². The van der Waals surface area contributed by atoms with E-state index in [0.717, 1.165) is 54.9 Å². The van der Waals surface area contributed by atoms with Crippen LogP contribution in [0.4, 0.5) is 0 Å². The Labute approximate surface area is 153 Å². The van der Waals surface area contributed by atoms with E-state index in [9.17, 15) is 4.79 Å². The van der Waals surface area contributed by atoms with Crippen molar-refractivity contribution in [1.29, 1.82) is 0 Å². The normalized spacial score (nSPS) is 15.3. The van der Waals surface area contributed by atoms with Crippen molar-refractivity contribution in [2.45, 2.75) is 13.5 Å². The van der Waals surface area contributed by atoms with E-state index in [1.807, 2.05) is 54.4 Å². The average Bonchev–Trinajstić information content (AvgIpc) is 2.68. The number of para-hydroxylation sites is 1. The van der Waals surface area contributed by atoms with E-state index in [4.69, 9.17) is 0 Å². The van der Waals surface area contributed by atoms with Gasteiger partial charge in [0.15, 0.2) is 0 Å². The van der Waals surface area contributed by atoms with Crippen molar-refractivity contribution in [2.75, 3.05) is 26.2 Å². The van der Waals surface area contributed by atoms with Gasteiger partial charge in [0.05, 0.1) is 11.1 Å². The van der Waals surface area contributed by atoms with E-state index < -0.39 is 0 Å². The molecule has 1 fully saturated rings. The van der Waals surface area contributed by atoms with Crippen molar-refractivity contribution in [1.82, 2.24) is 19.8 Å². The van der Waals surface area contributed by atoms with Gasteiger partial charge in [-0.05, 0) is 30.7 Å². The van der Waals surface area contributed by atoms with Gasteiger partial charge in [0.1, 0.15) is 0 Å². The van der Waals surface area contributed by atoms with Crippen molar-refractivity contribution < 1.29 is 4.79 Å². The SMILES string of the molecule is Cc1cc(C(=O)N2CCN(Cc3cccnc3)CC2)c2ccccc2n1. The molecule has 4 rings (SSSR count). The van der Waals surface area contributed by atoms with E-state index in [0.29, 0.717) is 0 Å². The molecule has 0 spiro atoms. The molecule has 1 aliphatic heterocycles. The van der Waals surface area contributed by atoms with Crippen LogP contribution < -0.4 is 0 Å². The number of benzene rings is 1. The second-order valence-corrected chi connectivity index (χ2v) is 6.76. The maximum atomic E-state index is 13.1. The van der Waals surface area contributed by atoms with E-state index in [2.05, 4.69) is 20.9 Å². The first kappa shape index (κ1) is 16.7. The van der Waals surface area contributed by atoms with Crippen molar-refractivity contribution in [3.63, 3.8) is 0 Å². The number of amides is 1. The summed E-state index contributed by atoms with van der Waals surface area (Å²) in [6, 6.07) is 13.8. The van der Waals surface area contributed by atoms with Gasteiger partial charge in [-0.3, -0.25) is 19.7 Å². The molecule has 3 aromatic rings. The number of fused-ring (bicyclic) bond motifs is 1. The maximum absolute atomic E-state index is 13.1. The van der Waals surface area contributed by atoms with Crippen LogP contribution in [0, 0.1) is 6.92 Å². The molecule has 2 aromatic heterocycles. The summed E-state index contributed by atoms with van der Waals surface area (Å²) in [6.45, 7) is 6.07. The van der Waals surface area contributed by atoms with Crippen LogP contribution in [0.3, 0.4) is 0 Å². The molecule has 1 saturated heterocycles. The Morgan fingerprint density at radius 3 is 2.65 bits per heavy atom. The molecule has 0 radical (unpaired) electrons. The second-order valence-electron chi connectivity index (χ2n) is 6.76. The highest BCUT2D eigenvalue weighted by molar-refractivity contribution is 6.06. The van der Waals surface area contributed by atoms with Crippen LogP contribution in [0.5, 0.6) is 0 Å². The average molecular weight is 346 g/mol. The predicted octanol–water partition coefficient (Wildman–Crippen LogP) is 2.90. The van der Waals surface area contributed by atoms with Gasteiger partial charge in [-0.25, -0.2) is 0 Å². The topological polar surface area (TPSA) is 49.3 Å². The standard InChI is InChI=1S/C21H22N4O/c1-16-13-19(18-6-2-3-7-20(18)23-16)21(26)25-11-9-24(10-12-25)15-17-5-4-8-22-14-17/h2-8,13-14H,9-12,15H2,1H3. The van der Waals surface area contributed by atoms with E-state index in [-0.39, 0.29) is 5.91 Å². The molecule has 0 aliphatic carbocycles. The summed E-state index contributed by atoms with van der Waals surface area (Å²) in [6.07, 6.45) is 3.70. The minimum Gasteiger partial charge on any atom is -0.336 e. The molecule has 132 valence electrons. The molecule has 0 atom stereocenters. The lowest BCUT2D eigenvalue weighted by Gasteiger charge is -2.35. The zero-order valence-electron chi connectivity index (χ0n) is 14.9. The second kappa shape index (κ2) is 7.22. The number of carbonyl (C=O) groups is 1. The number of hydrogen-bond acceptors (Lipinski definition) is 4. The van der Waals surface area contributed by atoms with Crippen LogP contribution in [0.1, 0.15) is 21.6 Å². The van der Waals surface area contributed by atoms with Gasteiger partial charge in [0.2, 0.25) is 0 Å². The van der Waals surface area contributed by atoms with Crippen LogP contribution >= 0.6 is 0 Å². The Balaban J connectivity index is 1.47. The highest BCUT2D eigenvalue weighted by atomic mass is 16.2. The minimum absolute atomic E-state index is 0.104. The van der Waals surface area contributed by atoms with Crippen LogP contribution in [-0.2, 0) is 6.54 Å². The van der Waals surface area contributed by atoms with Gasteiger partial charge in [-0.2, -0.15) is 0 Å². The van der Waals surface area contributed by atoms with Gasteiger partial charge in [0, 0.05) is 56.2 Å². The number of carbonyl (C=O) groups excluding carboxylic acids is 1. The molecule has 0 N–H and O–H groups in total. The molecule has 1 aliphatic rings. The lowest BCUT2D eigenvalue weighted by Crippen LogP contribution is -2.48. The Morgan fingerprint density at radius 2 is 1.88 bits per heavy atom. The fraction of sp³-hybridized carbons (Fsp3) is 0.286. The zero-order chi connectivity index (χ0) is 17.9. The van der Waals surface area contributed by atoms with Gasteiger partial charge >= 0.3 is 0 Å². The lowest BCUT2D eigenvalue weighted by molar-refractivity contribution is 0.0630. The van der Waals surface area contributed by atoms with Crippen LogP contribution in [0.2, 0.25) is 0 Å². The fourth-order valence-corrected chi connectivity index (χ4v) is 3.51. The minimum atomic E-state index is 0.104. The highest BCUT2D eigenvalue weighted by Gasteiger charge is 2.23. The van der Waals surface area contributed by atoms with E-state index >= 15 is 0 Å². The Kier molecular flexibility index (Phi) is 4.63. The highest BCUT2D eigenvalue weighted by Crippen LogP contribution is 2.21. The molecule has 0 unspecified atom stereocenters. The quantitative estimate of drug-likeness (QED) is 0.732. The molecule has 0 bridgehead atoms. The monoisotopic (exact) mass is 346 g/mol. The third kappa shape index (κ3) is 3.44. The molecular weight excluding hydrogens is 324 g/mol. The van der Waals surface area contributed by atoms with Crippen molar-refractivity contribution in [3.8, 4) is 0 Å². The van der Waals surface area contributed by atoms with Gasteiger partial charge < -0.3 is 4.90 Å². The summed E-state index contributed by atoms with van der Waals surface area (Å²) < 4.78 is 0. The van der Waals surface area contributed by atoms with Gasteiger partial charge in [-0.1, -0.05) is 24.3 Å². The predicted molar refractivity (Wildman–Crippen MR) is 102 cm³/mol. The molecule has 1 amide bonds. The number of hydrogen-bond donors (Lipinski definition) is 0. The summed E-state index contributed by atoms with van der Waals surface area (Å²) in [7, 11) is 0. The molecule has 3 heterocycles. The number of piperazine rings is 1. The van der Waals surface area contributed by atoms with Gasteiger partial charge in [-0.15, -0.1) is 0 Å². The molecule has 5 nitrogen and oxygen atoms in total. The third-order valence-corrected chi connectivity index (χ3v) is 4.86. The summed E-state index contributed by atoms with van der Waals surface area (Å²) in [5.41, 5.74) is 3.73. The Hall–Kier alpha value is -2.79. The summed E-state index contributed by atoms with van der Waals surface area (Å²) in [5, 5.41) is 0.931. The zero-order valence-corrected chi connectivity index (χ0v) is 14.9. The number of nitrogens with zero attached hydrogens (tertiary/aromatic N) is 4. The van der Waals surface area contributed by atoms with Crippen LogP contribution in [-0.4, -0.2) is 51.9 Å². The first-order chi connectivity index (χ1) is 12.7. The molecule has 5 heteroatoms. The molecule has 1 aromatic carbocycles. The van der Waals surface area contributed by atoms with Crippen LogP contribution in [0.25, 0.3) is 10.9 Å². The third-order valence-electron chi connectivity index (χ3n) is 4.86. The Bertz CT molecular complexity index is 918. The molecule has 0 saturated carbocycles. The van der Waals surface area contributed by atoms with Crippen molar-refractivity contribution in [2.24, 2.45) is 0 Å². The Morgan fingerprint density at radius 1 is 1.08 bits per heavy atom. The first-order valence-electron chi connectivity index (χ1n) is 8.97. The van der Waals surface area contributed by atoms with E-state index in [1.54, 1.807) is 6.20 Å². The summed E-state index contributed by atoms with van der Waals surface area (Å²) in [5.74, 6) is 0.104. The molecule has 26 heavy (non-hydrogen) atoms. The number of rotatable bonds is 3. The van der Waals surface area contributed by atoms with Gasteiger partial charge in [0.25, 0.3) is 5.91 Å². The maximum Gasteiger partial charge on any atom is 0.254 e. The number of aryl methyl sites for hydroxylation is 1. The molecular formula is C21H22N4O. The van der Waals surface area contributed by atoms with E-state index in [1.165, 1.54) is 5.56 Å². The smallest absolute Gasteiger partial charge is 0.254 e. The fourth-order valence-electron chi connectivity index (χ4n) is 3.51. The number of aromatic nitrogens is 2. The van der Waals surface area contributed by atoms with Crippen LogP contribution in [0.15, 0.2) is 54.9 Å². The lowest BCUT2D eigenvalue weighted by atomic mass is 10.1. The summed E-state index contributed by atoms with van der Waals surface area (Å²) in [4.78, 5) is 26.1. The van der Waals surface area contributed by atoms with Crippen molar-refractivity contribution >= 4 is 16.8 Å². The number of pyridine rings is 2. The first-order valence-corrected chi connectivity index (χ1v) is 8.97. The summed E-state index contributed by atoms with van der Waals surface area (Å²) >= 11 is 0.